The van der Waals surface area contributed by atoms with Crippen LogP contribution in [0.2, 0.25) is 0 Å². The van der Waals surface area contributed by atoms with E-state index in [4.69, 9.17) is 4.74 Å². The smallest absolute Gasteiger partial charge is 0.306 e. The Balaban J connectivity index is 2.38. The summed E-state index contributed by atoms with van der Waals surface area (Å²) < 4.78 is 6.18. The van der Waals surface area contributed by atoms with E-state index >= 15 is 0 Å². The second kappa shape index (κ2) is 6.88. The highest BCUT2D eigenvalue weighted by atomic mass is 127. The Kier molecular flexibility index (Phi) is 5.78. The molecule has 104 valence electrons. The largest absolute Gasteiger partial charge is 0.460 e. The highest BCUT2D eigenvalue weighted by Crippen LogP contribution is 2.13. The Morgan fingerprint density at radius 1 is 1.26 bits per heavy atom. The van der Waals surface area contributed by atoms with Crippen molar-refractivity contribution in [3.05, 3.63) is 27.8 Å². The third-order valence-corrected chi connectivity index (χ3v) is 2.76. The van der Waals surface area contributed by atoms with E-state index in [2.05, 4.69) is 27.9 Å². The van der Waals surface area contributed by atoms with Gasteiger partial charge in [0.2, 0.25) is 5.91 Å². The lowest BCUT2D eigenvalue weighted by Gasteiger charge is -2.19. The SMILES string of the molecule is CC(C)(C)OC(=O)CCC(=O)Nc1cccc(I)c1. The first-order valence-electron chi connectivity index (χ1n) is 6.03. The van der Waals surface area contributed by atoms with Crippen molar-refractivity contribution >= 4 is 40.2 Å². The summed E-state index contributed by atoms with van der Waals surface area (Å²) in [6.07, 6.45) is 0.216. The third-order valence-electron chi connectivity index (χ3n) is 2.08. The molecule has 1 N–H and O–H groups in total. The van der Waals surface area contributed by atoms with Gasteiger partial charge in [-0.2, -0.15) is 0 Å². The molecule has 4 nitrogen and oxygen atoms in total. The molecule has 0 heterocycles. The molecule has 1 rings (SSSR count). The van der Waals surface area contributed by atoms with E-state index < -0.39 is 5.60 Å². The van der Waals surface area contributed by atoms with Crippen LogP contribution in [0.4, 0.5) is 5.69 Å². The molecular formula is C14H18INO3. The molecule has 0 atom stereocenters. The number of carbonyl (C=O) groups is 2. The lowest BCUT2D eigenvalue weighted by atomic mass is 10.2. The number of hydrogen-bond acceptors (Lipinski definition) is 3. The quantitative estimate of drug-likeness (QED) is 0.649. The van der Waals surface area contributed by atoms with E-state index in [0.29, 0.717) is 0 Å². The fraction of sp³-hybridized carbons (Fsp3) is 0.429. The summed E-state index contributed by atoms with van der Waals surface area (Å²) >= 11 is 2.17. The molecule has 19 heavy (non-hydrogen) atoms. The van der Waals surface area contributed by atoms with Gasteiger partial charge in [-0.15, -0.1) is 0 Å². The maximum atomic E-state index is 11.7. The van der Waals surface area contributed by atoms with Crippen molar-refractivity contribution in [2.45, 2.75) is 39.2 Å². The number of amides is 1. The maximum Gasteiger partial charge on any atom is 0.306 e. The number of rotatable bonds is 4. The van der Waals surface area contributed by atoms with Crippen molar-refractivity contribution in [1.82, 2.24) is 0 Å². The minimum atomic E-state index is -0.511. The number of benzene rings is 1. The van der Waals surface area contributed by atoms with Crippen LogP contribution in [-0.4, -0.2) is 17.5 Å². The van der Waals surface area contributed by atoms with Crippen molar-refractivity contribution in [2.24, 2.45) is 0 Å². The molecular weight excluding hydrogens is 357 g/mol. The van der Waals surface area contributed by atoms with Crippen LogP contribution in [0, 0.1) is 3.57 Å². The summed E-state index contributed by atoms with van der Waals surface area (Å²) in [5.74, 6) is -0.543. The number of halogens is 1. The highest BCUT2D eigenvalue weighted by molar-refractivity contribution is 14.1. The predicted molar refractivity (Wildman–Crippen MR) is 82.9 cm³/mol. The summed E-state index contributed by atoms with van der Waals surface area (Å²) in [6.45, 7) is 5.41. The van der Waals surface area contributed by atoms with E-state index in [-0.39, 0.29) is 24.7 Å². The average molecular weight is 375 g/mol. The Morgan fingerprint density at radius 3 is 2.53 bits per heavy atom. The molecule has 1 aromatic rings. The van der Waals surface area contributed by atoms with Crippen LogP contribution in [0.5, 0.6) is 0 Å². The fourth-order valence-corrected chi connectivity index (χ4v) is 1.94. The molecule has 0 fully saturated rings. The van der Waals surface area contributed by atoms with Crippen LogP contribution in [0.1, 0.15) is 33.6 Å². The number of esters is 1. The molecule has 0 radical (unpaired) electrons. The van der Waals surface area contributed by atoms with Crippen molar-refractivity contribution < 1.29 is 14.3 Å². The molecule has 1 amide bonds. The monoisotopic (exact) mass is 375 g/mol. The van der Waals surface area contributed by atoms with E-state index in [1.165, 1.54) is 0 Å². The van der Waals surface area contributed by atoms with Crippen LogP contribution in [0.15, 0.2) is 24.3 Å². The van der Waals surface area contributed by atoms with Crippen LogP contribution >= 0.6 is 22.6 Å². The molecule has 0 spiro atoms. The zero-order valence-electron chi connectivity index (χ0n) is 11.3. The molecule has 0 aliphatic heterocycles. The average Bonchev–Trinajstić information content (AvgIpc) is 2.24. The Morgan fingerprint density at radius 2 is 1.95 bits per heavy atom. The number of anilines is 1. The predicted octanol–water partition coefficient (Wildman–Crippen LogP) is 3.35. The lowest BCUT2D eigenvalue weighted by molar-refractivity contribution is -0.155. The standard InChI is InChI=1S/C14H18INO3/c1-14(2,3)19-13(18)8-7-12(17)16-11-6-4-5-10(15)9-11/h4-6,9H,7-8H2,1-3H3,(H,16,17). The van der Waals surface area contributed by atoms with Crippen molar-refractivity contribution in [1.29, 1.82) is 0 Å². The summed E-state index contributed by atoms with van der Waals surface area (Å²) in [4.78, 5) is 23.1. The zero-order valence-corrected chi connectivity index (χ0v) is 13.5. The van der Waals surface area contributed by atoms with Gasteiger partial charge < -0.3 is 10.1 Å². The minimum Gasteiger partial charge on any atom is -0.460 e. The summed E-state index contributed by atoms with van der Waals surface area (Å²) in [6, 6.07) is 7.49. The lowest BCUT2D eigenvalue weighted by Crippen LogP contribution is -2.24. The number of carbonyl (C=O) groups excluding carboxylic acids is 2. The number of ether oxygens (including phenoxy) is 1. The molecule has 0 saturated heterocycles. The number of hydrogen-bond donors (Lipinski definition) is 1. The van der Waals surface area contributed by atoms with Gasteiger partial charge in [0.1, 0.15) is 5.60 Å². The molecule has 0 saturated carbocycles. The molecule has 0 bridgehead atoms. The molecule has 0 aliphatic rings. The first-order valence-corrected chi connectivity index (χ1v) is 7.11. The van der Waals surface area contributed by atoms with Gasteiger partial charge in [0.25, 0.3) is 0 Å². The first kappa shape index (κ1) is 15.9. The highest BCUT2D eigenvalue weighted by Gasteiger charge is 2.17. The van der Waals surface area contributed by atoms with Crippen LogP contribution in [0.25, 0.3) is 0 Å². The van der Waals surface area contributed by atoms with Crippen molar-refractivity contribution in [2.75, 3.05) is 5.32 Å². The van der Waals surface area contributed by atoms with Crippen LogP contribution < -0.4 is 5.32 Å². The fourth-order valence-electron chi connectivity index (χ4n) is 1.40. The molecule has 1 aromatic carbocycles. The normalized spacial score (nSPS) is 10.9. The minimum absolute atomic E-state index is 0.0903. The van der Waals surface area contributed by atoms with Crippen molar-refractivity contribution in [3.8, 4) is 0 Å². The van der Waals surface area contributed by atoms with Crippen molar-refractivity contribution in [3.63, 3.8) is 0 Å². The Bertz CT molecular complexity index is 466. The van der Waals surface area contributed by atoms with E-state index in [9.17, 15) is 9.59 Å². The van der Waals surface area contributed by atoms with Gasteiger partial charge in [0.15, 0.2) is 0 Å². The molecule has 0 aliphatic carbocycles. The second-order valence-corrected chi connectivity index (χ2v) is 6.39. The maximum absolute atomic E-state index is 11.7. The number of nitrogens with one attached hydrogen (secondary N) is 1. The van der Waals surface area contributed by atoms with Gasteiger partial charge >= 0.3 is 5.97 Å². The molecule has 0 unspecified atom stereocenters. The third kappa shape index (κ3) is 7.15. The molecule has 0 aromatic heterocycles. The van der Waals surface area contributed by atoms with E-state index in [0.717, 1.165) is 9.26 Å². The van der Waals surface area contributed by atoms with Crippen LogP contribution in [0.3, 0.4) is 0 Å². The van der Waals surface area contributed by atoms with E-state index in [1.807, 2.05) is 24.3 Å². The first-order chi connectivity index (χ1) is 8.76. The summed E-state index contributed by atoms with van der Waals surface area (Å²) in [7, 11) is 0. The van der Waals surface area contributed by atoms with E-state index in [1.54, 1.807) is 20.8 Å². The summed E-state index contributed by atoms with van der Waals surface area (Å²) in [5, 5.41) is 2.75. The van der Waals surface area contributed by atoms with Gasteiger partial charge in [-0.05, 0) is 61.6 Å². The summed E-state index contributed by atoms with van der Waals surface area (Å²) in [5.41, 5.74) is 0.226. The van der Waals surface area contributed by atoms with Gasteiger partial charge in [0, 0.05) is 15.7 Å². The Labute approximate surface area is 127 Å². The molecule has 5 heteroatoms. The van der Waals surface area contributed by atoms with Gasteiger partial charge in [-0.1, -0.05) is 6.07 Å². The van der Waals surface area contributed by atoms with Gasteiger partial charge in [-0.3, -0.25) is 9.59 Å². The van der Waals surface area contributed by atoms with Gasteiger partial charge in [-0.25, -0.2) is 0 Å². The van der Waals surface area contributed by atoms with Gasteiger partial charge in [0.05, 0.1) is 6.42 Å². The Hall–Kier alpha value is -1.11. The topological polar surface area (TPSA) is 55.4 Å². The van der Waals surface area contributed by atoms with Crippen LogP contribution in [-0.2, 0) is 14.3 Å². The zero-order chi connectivity index (χ0) is 14.5. The second-order valence-electron chi connectivity index (χ2n) is 5.14.